The molecular weight excluding hydrogens is 240 g/mol. The largest absolute Gasteiger partial charge is 0.478 e. The van der Waals surface area contributed by atoms with Crippen molar-refractivity contribution in [2.75, 3.05) is 6.61 Å². The first kappa shape index (κ1) is 14.7. The summed E-state index contributed by atoms with van der Waals surface area (Å²) in [6, 6.07) is 0. The Morgan fingerprint density at radius 1 is 1.39 bits per heavy atom. The van der Waals surface area contributed by atoms with Gasteiger partial charge in [-0.1, -0.05) is 0 Å². The van der Waals surface area contributed by atoms with Crippen LogP contribution < -0.4 is 5.73 Å². The molecule has 0 aliphatic carbocycles. The molecule has 1 aliphatic heterocycles. The van der Waals surface area contributed by atoms with E-state index in [2.05, 4.69) is 0 Å². The van der Waals surface area contributed by atoms with Crippen molar-refractivity contribution in [1.82, 2.24) is 4.90 Å². The zero-order valence-electron chi connectivity index (χ0n) is 11.3. The number of aliphatic carboxylic acids is 1. The van der Waals surface area contributed by atoms with E-state index < -0.39 is 29.1 Å². The maximum absolute atomic E-state index is 12.1. The summed E-state index contributed by atoms with van der Waals surface area (Å²) in [5, 5.41) is 9.17. The molecule has 1 atom stereocenters. The van der Waals surface area contributed by atoms with Crippen molar-refractivity contribution >= 4 is 12.1 Å². The first-order valence-electron chi connectivity index (χ1n) is 5.60. The molecule has 1 aliphatic rings. The molecule has 0 radical (unpaired) electrons. The number of hydrogen-bond acceptors (Lipinski definition) is 5. The van der Waals surface area contributed by atoms with Gasteiger partial charge in [-0.2, -0.15) is 0 Å². The normalized spacial score (nSPS) is 27.1. The van der Waals surface area contributed by atoms with Gasteiger partial charge in [0.2, 0.25) is 5.66 Å². The van der Waals surface area contributed by atoms with E-state index in [1.165, 1.54) is 0 Å². The van der Waals surface area contributed by atoms with Crippen molar-refractivity contribution in [2.45, 2.75) is 51.6 Å². The van der Waals surface area contributed by atoms with E-state index in [0.717, 1.165) is 4.90 Å². The van der Waals surface area contributed by atoms with Gasteiger partial charge in [-0.25, -0.2) is 14.5 Å². The highest BCUT2D eigenvalue weighted by Gasteiger charge is 2.58. The minimum absolute atomic E-state index is 0.283. The molecule has 1 saturated heterocycles. The van der Waals surface area contributed by atoms with E-state index in [9.17, 15) is 9.59 Å². The Morgan fingerprint density at radius 3 is 2.28 bits per heavy atom. The van der Waals surface area contributed by atoms with Crippen LogP contribution in [0, 0.1) is 0 Å². The minimum atomic E-state index is -1.91. The van der Waals surface area contributed by atoms with Gasteiger partial charge in [0, 0.05) is 0 Å². The fraction of sp³-hybridized carbons (Fsp3) is 0.818. The lowest BCUT2D eigenvalue weighted by molar-refractivity contribution is -0.150. The zero-order chi connectivity index (χ0) is 14.4. The molecule has 0 spiro atoms. The summed E-state index contributed by atoms with van der Waals surface area (Å²) in [6.45, 7) is 7.91. The van der Waals surface area contributed by atoms with E-state index in [-0.39, 0.29) is 6.61 Å². The lowest BCUT2D eigenvalue weighted by atomic mass is 10.1. The number of hydrogen-bond donors (Lipinski definition) is 2. The molecule has 0 saturated carbocycles. The third kappa shape index (κ3) is 2.56. The van der Waals surface area contributed by atoms with Crippen molar-refractivity contribution in [3.05, 3.63) is 0 Å². The number of rotatable bonds is 1. The van der Waals surface area contributed by atoms with Crippen LogP contribution in [0.15, 0.2) is 0 Å². The summed E-state index contributed by atoms with van der Waals surface area (Å²) in [6.07, 6.45) is -0.810. The molecule has 1 amide bonds. The standard InChI is InChI=1S/C11H20N2O5/c1-9(2,3)18-8(16)13-10(4,5)17-6-11(13,12)7(14)15/h6,12H2,1-5H3,(H,14,15)/t11-/m0/s1. The molecule has 7 nitrogen and oxygen atoms in total. The molecule has 0 aromatic heterocycles. The molecule has 1 heterocycles. The van der Waals surface area contributed by atoms with E-state index >= 15 is 0 Å². The molecule has 0 aromatic carbocycles. The highest BCUT2D eigenvalue weighted by Crippen LogP contribution is 2.33. The summed E-state index contributed by atoms with van der Waals surface area (Å²) >= 11 is 0. The molecule has 104 valence electrons. The summed E-state index contributed by atoms with van der Waals surface area (Å²) in [5.74, 6) is -1.33. The molecule has 18 heavy (non-hydrogen) atoms. The van der Waals surface area contributed by atoms with Crippen molar-refractivity contribution in [3.63, 3.8) is 0 Å². The minimum Gasteiger partial charge on any atom is -0.478 e. The molecule has 0 unspecified atom stereocenters. The van der Waals surface area contributed by atoms with Crippen LogP contribution in [-0.4, -0.2) is 45.7 Å². The molecule has 1 fully saturated rings. The van der Waals surface area contributed by atoms with Gasteiger partial charge in [0.1, 0.15) is 11.3 Å². The zero-order valence-corrected chi connectivity index (χ0v) is 11.3. The monoisotopic (exact) mass is 260 g/mol. The third-order valence-corrected chi connectivity index (χ3v) is 2.53. The van der Waals surface area contributed by atoms with E-state index in [1.54, 1.807) is 34.6 Å². The molecule has 0 aromatic rings. The van der Waals surface area contributed by atoms with Crippen LogP contribution in [0.1, 0.15) is 34.6 Å². The Morgan fingerprint density at radius 2 is 1.89 bits per heavy atom. The van der Waals surface area contributed by atoms with Gasteiger partial charge in [0.05, 0.1) is 6.61 Å². The number of carbonyl (C=O) groups is 2. The van der Waals surface area contributed by atoms with Gasteiger partial charge >= 0.3 is 12.1 Å². The molecular formula is C11H20N2O5. The quantitative estimate of drug-likeness (QED) is 0.720. The lowest BCUT2D eigenvalue weighted by Crippen LogP contribution is -2.65. The Bertz CT molecular complexity index is 374. The van der Waals surface area contributed by atoms with E-state index in [4.69, 9.17) is 20.3 Å². The number of carboxylic acid groups (broad SMARTS) is 1. The Kier molecular flexibility index (Phi) is 3.35. The van der Waals surface area contributed by atoms with Crippen LogP contribution in [0.4, 0.5) is 4.79 Å². The Hall–Kier alpha value is -1.34. The van der Waals surface area contributed by atoms with Crippen molar-refractivity contribution in [3.8, 4) is 0 Å². The van der Waals surface area contributed by atoms with E-state index in [1.807, 2.05) is 0 Å². The Labute approximate surface area is 106 Å². The fourth-order valence-corrected chi connectivity index (χ4v) is 1.74. The average molecular weight is 260 g/mol. The smallest absolute Gasteiger partial charge is 0.414 e. The molecule has 1 rings (SSSR count). The van der Waals surface area contributed by atoms with Crippen molar-refractivity contribution in [1.29, 1.82) is 0 Å². The topological polar surface area (TPSA) is 102 Å². The fourth-order valence-electron chi connectivity index (χ4n) is 1.74. The molecule has 0 bridgehead atoms. The predicted octanol–water partition coefficient (Wildman–Crippen LogP) is 0.729. The summed E-state index contributed by atoms with van der Waals surface area (Å²) in [4.78, 5) is 24.2. The summed E-state index contributed by atoms with van der Waals surface area (Å²) < 4.78 is 10.5. The van der Waals surface area contributed by atoms with Gasteiger partial charge < -0.3 is 14.6 Å². The third-order valence-electron chi connectivity index (χ3n) is 2.53. The molecule has 3 N–H and O–H groups in total. The number of nitrogens with zero attached hydrogens (tertiary/aromatic N) is 1. The van der Waals surface area contributed by atoms with Gasteiger partial charge in [-0.15, -0.1) is 0 Å². The van der Waals surface area contributed by atoms with Gasteiger partial charge in [0.25, 0.3) is 0 Å². The number of amides is 1. The second kappa shape index (κ2) is 4.10. The maximum atomic E-state index is 12.1. The lowest BCUT2D eigenvalue weighted by Gasteiger charge is -2.37. The van der Waals surface area contributed by atoms with Crippen LogP contribution >= 0.6 is 0 Å². The predicted molar refractivity (Wildman–Crippen MR) is 62.7 cm³/mol. The first-order chi connectivity index (χ1) is 7.90. The van der Waals surface area contributed by atoms with Crippen LogP contribution in [0.2, 0.25) is 0 Å². The Balaban J connectivity index is 3.07. The highest BCUT2D eigenvalue weighted by molar-refractivity contribution is 5.85. The van der Waals surface area contributed by atoms with Crippen LogP contribution in [0.25, 0.3) is 0 Å². The van der Waals surface area contributed by atoms with Crippen LogP contribution in [0.5, 0.6) is 0 Å². The summed E-state index contributed by atoms with van der Waals surface area (Å²) in [7, 11) is 0. The van der Waals surface area contributed by atoms with Gasteiger partial charge in [-0.3, -0.25) is 5.73 Å². The van der Waals surface area contributed by atoms with Crippen LogP contribution in [-0.2, 0) is 14.3 Å². The van der Waals surface area contributed by atoms with Crippen LogP contribution in [0.3, 0.4) is 0 Å². The van der Waals surface area contributed by atoms with Gasteiger partial charge in [0.15, 0.2) is 0 Å². The number of nitrogens with two attached hydrogens (primary N) is 1. The second-order valence-corrected chi connectivity index (χ2v) is 5.78. The number of carbonyl (C=O) groups excluding carboxylic acids is 1. The second-order valence-electron chi connectivity index (χ2n) is 5.78. The SMILES string of the molecule is CC(C)(C)OC(=O)N1C(C)(C)OC[C@@]1(N)C(=O)O. The van der Waals surface area contributed by atoms with Crippen molar-refractivity contribution < 1.29 is 24.2 Å². The highest BCUT2D eigenvalue weighted by atomic mass is 16.6. The first-order valence-corrected chi connectivity index (χ1v) is 5.60. The van der Waals surface area contributed by atoms with Crippen molar-refractivity contribution in [2.24, 2.45) is 5.73 Å². The number of ether oxygens (including phenoxy) is 2. The summed E-state index contributed by atoms with van der Waals surface area (Å²) in [5.41, 5.74) is 1.96. The molecule has 7 heteroatoms. The average Bonchev–Trinajstić information content (AvgIpc) is 2.35. The number of carboxylic acids is 1. The maximum Gasteiger partial charge on any atom is 0.414 e. The van der Waals surface area contributed by atoms with Gasteiger partial charge in [-0.05, 0) is 34.6 Å². The van der Waals surface area contributed by atoms with E-state index in [0.29, 0.717) is 0 Å².